The molecule has 92 valence electrons. The Balaban J connectivity index is 3.31. The van der Waals surface area contributed by atoms with E-state index < -0.39 is 29.2 Å². The van der Waals surface area contributed by atoms with E-state index in [9.17, 15) is 22.8 Å². The fraction of sp³-hybridized carbons (Fsp3) is 0.200. The predicted molar refractivity (Wildman–Crippen MR) is 54.3 cm³/mol. The van der Waals surface area contributed by atoms with Gasteiger partial charge in [0.1, 0.15) is 0 Å². The second kappa shape index (κ2) is 4.44. The highest BCUT2D eigenvalue weighted by molar-refractivity contribution is 5.95. The Bertz CT molecular complexity index is 469. The Morgan fingerprint density at radius 1 is 1.29 bits per heavy atom. The van der Waals surface area contributed by atoms with E-state index in [1.165, 1.54) is 0 Å². The third kappa shape index (κ3) is 3.20. The molecule has 0 aliphatic heterocycles. The third-order valence-corrected chi connectivity index (χ3v) is 1.92. The van der Waals surface area contributed by atoms with E-state index in [4.69, 9.17) is 5.73 Å². The molecule has 0 radical (unpaired) electrons. The summed E-state index contributed by atoms with van der Waals surface area (Å²) in [6.45, 7) is 1.09. The van der Waals surface area contributed by atoms with Gasteiger partial charge in [0, 0.05) is 12.5 Å². The lowest BCUT2D eigenvalue weighted by atomic mass is 10.1. The third-order valence-electron chi connectivity index (χ3n) is 1.92. The topological polar surface area (TPSA) is 72.2 Å². The lowest BCUT2D eigenvalue weighted by Gasteiger charge is -2.13. The summed E-state index contributed by atoms with van der Waals surface area (Å²) in [5.41, 5.74) is 3.10. The first-order valence-corrected chi connectivity index (χ1v) is 4.50. The Morgan fingerprint density at radius 2 is 1.88 bits per heavy atom. The molecular formula is C10H9F3N2O2. The van der Waals surface area contributed by atoms with Crippen LogP contribution < -0.4 is 11.1 Å². The second-order valence-corrected chi connectivity index (χ2v) is 3.30. The number of benzene rings is 1. The van der Waals surface area contributed by atoms with Gasteiger partial charge in [-0.05, 0) is 18.2 Å². The van der Waals surface area contributed by atoms with Gasteiger partial charge in [0.15, 0.2) is 0 Å². The first-order valence-electron chi connectivity index (χ1n) is 4.50. The van der Waals surface area contributed by atoms with Crippen LogP contribution in [0.5, 0.6) is 0 Å². The molecule has 0 unspecified atom stereocenters. The Hall–Kier alpha value is -2.05. The average Bonchev–Trinajstić information content (AvgIpc) is 2.15. The first-order chi connectivity index (χ1) is 7.71. The van der Waals surface area contributed by atoms with Crippen molar-refractivity contribution in [2.75, 3.05) is 5.32 Å². The Kier molecular flexibility index (Phi) is 3.40. The largest absolute Gasteiger partial charge is 0.418 e. The number of halogens is 3. The van der Waals surface area contributed by atoms with Gasteiger partial charge in [-0.2, -0.15) is 13.2 Å². The van der Waals surface area contributed by atoms with Crippen molar-refractivity contribution in [1.82, 2.24) is 0 Å². The Morgan fingerprint density at radius 3 is 2.29 bits per heavy atom. The second-order valence-electron chi connectivity index (χ2n) is 3.30. The summed E-state index contributed by atoms with van der Waals surface area (Å²) in [5.74, 6) is -1.60. The Labute approximate surface area is 94.6 Å². The van der Waals surface area contributed by atoms with Gasteiger partial charge >= 0.3 is 6.18 Å². The van der Waals surface area contributed by atoms with Crippen LogP contribution in [-0.4, -0.2) is 11.8 Å². The number of primary amides is 1. The minimum absolute atomic E-state index is 0.272. The van der Waals surface area contributed by atoms with Gasteiger partial charge in [0.05, 0.1) is 11.3 Å². The SMILES string of the molecule is CC(=O)Nc1ccc(C(N)=O)cc1C(F)(F)F. The predicted octanol–water partition coefficient (Wildman–Crippen LogP) is 1.76. The van der Waals surface area contributed by atoms with Crippen LogP contribution in [0.1, 0.15) is 22.8 Å². The molecule has 0 spiro atoms. The maximum absolute atomic E-state index is 12.6. The summed E-state index contributed by atoms with van der Waals surface area (Å²) < 4.78 is 37.9. The molecule has 0 aliphatic carbocycles. The van der Waals surface area contributed by atoms with Crippen molar-refractivity contribution in [1.29, 1.82) is 0 Å². The highest BCUT2D eigenvalue weighted by Gasteiger charge is 2.34. The summed E-state index contributed by atoms with van der Waals surface area (Å²) in [4.78, 5) is 21.5. The molecule has 1 aromatic carbocycles. The van der Waals surface area contributed by atoms with Gasteiger partial charge in [0.2, 0.25) is 11.8 Å². The standard InChI is InChI=1S/C10H9F3N2O2/c1-5(16)15-8-3-2-6(9(14)17)4-7(8)10(11,12)13/h2-4H,1H3,(H2,14,17)(H,15,16). The number of nitrogens with two attached hydrogens (primary N) is 1. The average molecular weight is 246 g/mol. The van der Waals surface area contributed by atoms with Gasteiger partial charge in [0.25, 0.3) is 0 Å². The molecule has 17 heavy (non-hydrogen) atoms. The highest BCUT2D eigenvalue weighted by Crippen LogP contribution is 2.35. The van der Waals surface area contributed by atoms with Gasteiger partial charge in [-0.3, -0.25) is 9.59 Å². The van der Waals surface area contributed by atoms with Crippen molar-refractivity contribution in [2.45, 2.75) is 13.1 Å². The van der Waals surface area contributed by atoms with Crippen molar-refractivity contribution >= 4 is 17.5 Å². The minimum atomic E-state index is -4.68. The molecule has 0 aromatic heterocycles. The smallest absolute Gasteiger partial charge is 0.366 e. The molecule has 0 aliphatic rings. The summed E-state index contributed by atoms with van der Waals surface area (Å²) in [7, 11) is 0. The summed E-state index contributed by atoms with van der Waals surface area (Å²) in [6.07, 6.45) is -4.68. The summed E-state index contributed by atoms with van der Waals surface area (Å²) in [5, 5.41) is 2.04. The van der Waals surface area contributed by atoms with E-state index in [-0.39, 0.29) is 5.56 Å². The lowest BCUT2D eigenvalue weighted by molar-refractivity contribution is -0.137. The summed E-state index contributed by atoms with van der Waals surface area (Å²) >= 11 is 0. The maximum atomic E-state index is 12.6. The molecule has 4 nitrogen and oxygen atoms in total. The van der Waals surface area contributed by atoms with Crippen LogP contribution in [0.2, 0.25) is 0 Å². The van der Waals surface area contributed by atoms with Gasteiger partial charge < -0.3 is 11.1 Å². The molecule has 3 N–H and O–H groups in total. The van der Waals surface area contributed by atoms with E-state index in [1.807, 2.05) is 5.32 Å². The zero-order valence-corrected chi connectivity index (χ0v) is 8.76. The van der Waals surface area contributed by atoms with E-state index in [1.54, 1.807) is 0 Å². The molecule has 7 heteroatoms. The monoisotopic (exact) mass is 246 g/mol. The molecule has 0 fully saturated rings. The quantitative estimate of drug-likeness (QED) is 0.834. The number of rotatable bonds is 2. The molecule has 1 rings (SSSR count). The number of alkyl halides is 3. The van der Waals surface area contributed by atoms with Crippen LogP contribution in [0.25, 0.3) is 0 Å². The molecule has 0 bridgehead atoms. The van der Waals surface area contributed by atoms with Crippen molar-refractivity contribution in [3.8, 4) is 0 Å². The van der Waals surface area contributed by atoms with E-state index in [2.05, 4.69) is 0 Å². The summed E-state index contributed by atoms with van der Waals surface area (Å²) in [6, 6.07) is 2.71. The van der Waals surface area contributed by atoms with Crippen molar-refractivity contribution in [2.24, 2.45) is 5.73 Å². The number of hydrogen-bond acceptors (Lipinski definition) is 2. The number of amides is 2. The number of anilines is 1. The molecule has 0 atom stereocenters. The van der Waals surface area contributed by atoms with Crippen LogP contribution >= 0.6 is 0 Å². The zero-order chi connectivity index (χ0) is 13.2. The number of carbonyl (C=O) groups is 2. The molecule has 0 heterocycles. The van der Waals surface area contributed by atoms with Gasteiger partial charge in [-0.1, -0.05) is 0 Å². The van der Waals surface area contributed by atoms with E-state index in [0.717, 1.165) is 19.1 Å². The van der Waals surface area contributed by atoms with Crippen molar-refractivity contribution in [3.63, 3.8) is 0 Å². The number of carbonyl (C=O) groups excluding carboxylic acids is 2. The fourth-order valence-electron chi connectivity index (χ4n) is 1.23. The maximum Gasteiger partial charge on any atom is 0.418 e. The number of hydrogen-bond donors (Lipinski definition) is 2. The molecule has 2 amide bonds. The molecule has 0 saturated carbocycles. The molecule has 0 saturated heterocycles. The van der Waals surface area contributed by atoms with Crippen LogP contribution in [0.4, 0.5) is 18.9 Å². The van der Waals surface area contributed by atoms with Gasteiger partial charge in [-0.25, -0.2) is 0 Å². The van der Waals surface area contributed by atoms with E-state index in [0.29, 0.717) is 6.07 Å². The minimum Gasteiger partial charge on any atom is -0.366 e. The lowest BCUT2D eigenvalue weighted by Crippen LogP contribution is -2.17. The number of nitrogens with one attached hydrogen (secondary N) is 1. The van der Waals surface area contributed by atoms with Crippen LogP contribution in [-0.2, 0) is 11.0 Å². The van der Waals surface area contributed by atoms with Crippen LogP contribution in [0.3, 0.4) is 0 Å². The van der Waals surface area contributed by atoms with Crippen LogP contribution in [0, 0.1) is 0 Å². The van der Waals surface area contributed by atoms with Gasteiger partial charge in [-0.15, -0.1) is 0 Å². The zero-order valence-electron chi connectivity index (χ0n) is 8.76. The fourth-order valence-corrected chi connectivity index (χ4v) is 1.23. The first kappa shape index (κ1) is 13.0. The van der Waals surface area contributed by atoms with Crippen molar-refractivity contribution < 1.29 is 22.8 Å². The molecular weight excluding hydrogens is 237 g/mol. The van der Waals surface area contributed by atoms with E-state index >= 15 is 0 Å². The molecule has 1 aromatic rings. The normalized spacial score (nSPS) is 11.1. The highest BCUT2D eigenvalue weighted by atomic mass is 19.4. The van der Waals surface area contributed by atoms with Crippen LogP contribution in [0.15, 0.2) is 18.2 Å². The van der Waals surface area contributed by atoms with Crippen molar-refractivity contribution in [3.05, 3.63) is 29.3 Å².